The monoisotopic (exact) mass is 296 g/mol. The first-order valence-electron chi connectivity index (χ1n) is 6.59. The van der Waals surface area contributed by atoms with Gasteiger partial charge in [-0.2, -0.15) is 0 Å². The maximum atomic E-state index is 13.9. The van der Waals surface area contributed by atoms with Gasteiger partial charge in [0.25, 0.3) is 0 Å². The number of imidazole rings is 1. The molecule has 0 aliphatic carbocycles. The Hall–Kier alpha value is -1.86. The van der Waals surface area contributed by atoms with Crippen LogP contribution in [0.2, 0.25) is 0 Å². The van der Waals surface area contributed by atoms with Crippen molar-refractivity contribution in [3.8, 4) is 0 Å². The maximum absolute atomic E-state index is 13.9. The third-order valence-electron chi connectivity index (χ3n) is 3.95. The number of benzene rings is 1. The van der Waals surface area contributed by atoms with Crippen LogP contribution < -0.4 is 5.73 Å². The third kappa shape index (κ3) is 2.22. The minimum atomic E-state index is -1.43. The molecule has 0 spiro atoms. The van der Waals surface area contributed by atoms with Crippen LogP contribution in [-0.4, -0.2) is 21.0 Å². The van der Waals surface area contributed by atoms with Crippen molar-refractivity contribution in [3.05, 3.63) is 52.9 Å². The average molecular weight is 296 g/mol. The standard InChI is InChI=1S/C14H15F3N4/c1-20-3-2-19-12(20)7-21-6-9-8(11(21)5-18)4-10(15)14(17)13(9)16/h2-4,11H,5-7,18H2,1H3. The van der Waals surface area contributed by atoms with Gasteiger partial charge in [0.15, 0.2) is 17.5 Å². The molecule has 1 aromatic heterocycles. The van der Waals surface area contributed by atoms with Gasteiger partial charge in [-0.15, -0.1) is 0 Å². The van der Waals surface area contributed by atoms with E-state index in [0.717, 1.165) is 11.9 Å². The molecule has 112 valence electrons. The summed E-state index contributed by atoms with van der Waals surface area (Å²) >= 11 is 0. The molecule has 0 saturated carbocycles. The Labute approximate surface area is 120 Å². The largest absolute Gasteiger partial charge is 0.337 e. The summed E-state index contributed by atoms with van der Waals surface area (Å²) in [4.78, 5) is 6.08. The molecule has 0 saturated heterocycles. The molecule has 1 aliphatic rings. The van der Waals surface area contributed by atoms with E-state index in [1.807, 2.05) is 16.5 Å². The van der Waals surface area contributed by atoms with Crippen molar-refractivity contribution in [2.24, 2.45) is 12.8 Å². The molecule has 1 aliphatic heterocycles. The Bertz CT molecular complexity index is 683. The maximum Gasteiger partial charge on any atom is 0.194 e. The van der Waals surface area contributed by atoms with Crippen LogP contribution >= 0.6 is 0 Å². The average Bonchev–Trinajstić information content (AvgIpc) is 3.01. The van der Waals surface area contributed by atoms with Crippen LogP contribution in [0.25, 0.3) is 0 Å². The molecule has 7 heteroatoms. The second-order valence-corrected chi connectivity index (χ2v) is 5.16. The Balaban J connectivity index is 1.96. The Morgan fingerprint density at radius 2 is 2.10 bits per heavy atom. The third-order valence-corrected chi connectivity index (χ3v) is 3.95. The topological polar surface area (TPSA) is 47.1 Å². The van der Waals surface area contributed by atoms with Crippen LogP contribution in [0.15, 0.2) is 18.5 Å². The molecular formula is C14H15F3N4. The van der Waals surface area contributed by atoms with Gasteiger partial charge in [0.1, 0.15) is 5.82 Å². The van der Waals surface area contributed by atoms with Crippen LogP contribution in [0, 0.1) is 17.5 Å². The Morgan fingerprint density at radius 3 is 2.71 bits per heavy atom. The molecule has 0 radical (unpaired) electrons. The van der Waals surface area contributed by atoms with Crippen molar-refractivity contribution in [2.75, 3.05) is 6.54 Å². The summed E-state index contributed by atoms with van der Waals surface area (Å²) in [5.41, 5.74) is 6.34. The highest BCUT2D eigenvalue weighted by atomic mass is 19.2. The van der Waals surface area contributed by atoms with Crippen molar-refractivity contribution in [1.29, 1.82) is 0 Å². The quantitative estimate of drug-likeness (QED) is 0.879. The van der Waals surface area contributed by atoms with Crippen molar-refractivity contribution >= 4 is 0 Å². The van der Waals surface area contributed by atoms with Crippen LogP contribution in [0.5, 0.6) is 0 Å². The number of hydrogen-bond acceptors (Lipinski definition) is 3. The molecule has 0 fully saturated rings. The Morgan fingerprint density at radius 1 is 1.33 bits per heavy atom. The van der Waals surface area contributed by atoms with Crippen LogP contribution in [0.3, 0.4) is 0 Å². The van der Waals surface area contributed by atoms with E-state index >= 15 is 0 Å². The van der Waals surface area contributed by atoms with Gasteiger partial charge in [-0.05, 0) is 11.6 Å². The molecule has 21 heavy (non-hydrogen) atoms. The SMILES string of the molecule is Cn1ccnc1CN1Cc2c(cc(F)c(F)c2F)C1CN. The summed E-state index contributed by atoms with van der Waals surface area (Å²) in [5.74, 6) is -2.94. The molecule has 3 rings (SSSR count). The van der Waals surface area contributed by atoms with Gasteiger partial charge >= 0.3 is 0 Å². The van der Waals surface area contributed by atoms with Crippen molar-refractivity contribution in [1.82, 2.24) is 14.5 Å². The first kappa shape index (κ1) is 14.1. The number of halogens is 3. The number of aromatic nitrogens is 2. The van der Waals surface area contributed by atoms with Gasteiger partial charge < -0.3 is 10.3 Å². The second-order valence-electron chi connectivity index (χ2n) is 5.16. The van der Waals surface area contributed by atoms with E-state index in [-0.39, 0.29) is 24.7 Å². The van der Waals surface area contributed by atoms with Gasteiger partial charge in [0, 0.05) is 44.1 Å². The van der Waals surface area contributed by atoms with Crippen LogP contribution in [-0.2, 0) is 20.1 Å². The number of rotatable bonds is 3. The number of nitrogens with zero attached hydrogens (tertiary/aromatic N) is 3. The molecular weight excluding hydrogens is 281 g/mol. The van der Waals surface area contributed by atoms with Gasteiger partial charge in [-0.3, -0.25) is 4.90 Å². The number of aryl methyl sites for hydroxylation is 1. The van der Waals surface area contributed by atoms with Crippen LogP contribution in [0.1, 0.15) is 23.0 Å². The molecule has 1 aromatic carbocycles. The highest BCUT2D eigenvalue weighted by Crippen LogP contribution is 2.37. The fraction of sp³-hybridized carbons (Fsp3) is 0.357. The molecule has 2 aromatic rings. The smallest absolute Gasteiger partial charge is 0.194 e. The second kappa shape index (κ2) is 5.16. The van der Waals surface area contributed by atoms with Crippen LogP contribution in [0.4, 0.5) is 13.2 Å². The summed E-state index contributed by atoms with van der Waals surface area (Å²) < 4.78 is 42.5. The van der Waals surface area contributed by atoms with E-state index in [2.05, 4.69) is 4.98 Å². The van der Waals surface area contributed by atoms with Crippen molar-refractivity contribution in [2.45, 2.75) is 19.1 Å². The summed E-state index contributed by atoms with van der Waals surface area (Å²) in [7, 11) is 1.85. The molecule has 2 N–H and O–H groups in total. The first-order chi connectivity index (χ1) is 10.0. The van der Waals surface area contributed by atoms with Gasteiger partial charge in [-0.25, -0.2) is 18.2 Å². The zero-order valence-corrected chi connectivity index (χ0v) is 11.5. The molecule has 2 heterocycles. The first-order valence-corrected chi connectivity index (χ1v) is 6.59. The number of fused-ring (bicyclic) bond motifs is 1. The minimum absolute atomic E-state index is 0.179. The summed E-state index contributed by atoms with van der Waals surface area (Å²) in [6.07, 6.45) is 3.46. The van der Waals surface area contributed by atoms with E-state index in [0.29, 0.717) is 12.1 Å². The van der Waals surface area contributed by atoms with E-state index in [1.54, 1.807) is 12.4 Å². The lowest BCUT2D eigenvalue weighted by atomic mass is 10.0. The molecule has 4 nitrogen and oxygen atoms in total. The summed E-state index contributed by atoms with van der Waals surface area (Å²) in [5, 5.41) is 0. The van der Waals surface area contributed by atoms with Gasteiger partial charge in [0.2, 0.25) is 0 Å². The van der Waals surface area contributed by atoms with Gasteiger partial charge in [0.05, 0.1) is 6.54 Å². The molecule has 1 atom stereocenters. The zero-order valence-electron chi connectivity index (χ0n) is 11.5. The molecule has 0 bridgehead atoms. The highest BCUT2D eigenvalue weighted by molar-refractivity contribution is 5.37. The fourth-order valence-corrected chi connectivity index (χ4v) is 2.79. The van der Waals surface area contributed by atoms with E-state index < -0.39 is 17.5 Å². The number of hydrogen-bond donors (Lipinski definition) is 1. The highest BCUT2D eigenvalue weighted by Gasteiger charge is 2.34. The minimum Gasteiger partial charge on any atom is -0.337 e. The summed E-state index contributed by atoms with van der Waals surface area (Å²) in [6, 6.07) is 0.699. The van der Waals surface area contributed by atoms with E-state index in [9.17, 15) is 13.2 Å². The lowest BCUT2D eigenvalue weighted by Gasteiger charge is -2.23. The fourth-order valence-electron chi connectivity index (χ4n) is 2.79. The lowest BCUT2D eigenvalue weighted by molar-refractivity contribution is 0.202. The van der Waals surface area contributed by atoms with Gasteiger partial charge in [-0.1, -0.05) is 0 Å². The zero-order chi connectivity index (χ0) is 15.1. The summed E-state index contributed by atoms with van der Waals surface area (Å²) in [6.45, 7) is 0.817. The van der Waals surface area contributed by atoms with Crippen molar-refractivity contribution in [3.63, 3.8) is 0 Å². The van der Waals surface area contributed by atoms with Crippen molar-refractivity contribution < 1.29 is 13.2 Å². The normalized spacial score (nSPS) is 18.2. The lowest BCUT2D eigenvalue weighted by Crippen LogP contribution is -2.28. The predicted molar refractivity (Wildman–Crippen MR) is 70.6 cm³/mol. The molecule has 0 amide bonds. The Kier molecular flexibility index (Phi) is 3.46. The number of nitrogens with two attached hydrogens (primary N) is 1. The van der Waals surface area contributed by atoms with E-state index in [1.165, 1.54) is 0 Å². The molecule has 1 unspecified atom stereocenters. The van der Waals surface area contributed by atoms with E-state index in [4.69, 9.17) is 5.73 Å². The predicted octanol–water partition coefficient (Wildman–Crippen LogP) is 1.85.